The van der Waals surface area contributed by atoms with Crippen molar-refractivity contribution in [2.24, 2.45) is 0 Å². The summed E-state index contributed by atoms with van der Waals surface area (Å²) in [6, 6.07) is 8.35. The van der Waals surface area contributed by atoms with Crippen LogP contribution in [0.5, 0.6) is 5.75 Å². The maximum Gasteiger partial charge on any atom is 0.119 e. The van der Waals surface area contributed by atoms with E-state index in [0.29, 0.717) is 0 Å². The van der Waals surface area contributed by atoms with Crippen LogP contribution in [0.15, 0.2) is 36.4 Å². The number of ether oxygens (including phenoxy) is 1. The maximum absolute atomic E-state index is 5.23. The number of rotatable bonds is 6. The molecule has 0 fully saturated rings. The number of nitrogens with one attached hydrogen (secondary N) is 1. The molecule has 2 nitrogen and oxygen atoms in total. The third-order valence-electron chi connectivity index (χ3n) is 2.52. The van der Waals surface area contributed by atoms with E-state index in [9.17, 15) is 0 Å². The summed E-state index contributed by atoms with van der Waals surface area (Å²) in [5, 5.41) is 3.48. The Hall–Kier alpha value is -1.28. The van der Waals surface area contributed by atoms with E-state index < -0.39 is 0 Å². The minimum atomic E-state index is 0.218. The summed E-state index contributed by atoms with van der Waals surface area (Å²) < 4.78 is 5.23. The highest BCUT2D eigenvalue weighted by Crippen LogP contribution is 2.23. The molecule has 0 amide bonds. The lowest BCUT2D eigenvalue weighted by Crippen LogP contribution is -2.22. The standard InChI is InChI=1S/C14H21NO/c1-5-9-15-14(11(2)3)12-7-6-8-13(10-12)16-4/h6-8,10,14-15H,2,5,9H2,1,3-4H3. The van der Waals surface area contributed by atoms with Crippen molar-refractivity contribution in [2.75, 3.05) is 13.7 Å². The Morgan fingerprint density at radius 2 is 2.25 bits per heavy atom. The third-order valence-corrected chi connectivity index (χ3v) is 2.52. The molecule has 1 aromatic carbocycles. The SMILES string of the molecule is C=C(C)C(NCCC)c1cccc(OC)c1. The summed E-state index contributed by atoms with van der Waals surface area (Å²) in [6.07, 6.45) is 1.12. The van der Waals surface area contributed by atoms with Crippen LogP contribution in [-0.2, 0) is 0 Å². The fourth-order valence-corrected chi connectivity index (χ4v) is 1.69. The zero-order valence-corrected chi connectivity index (χ0v) is 10.4. The Balaban J connectivity index is 2.87. The number of hydrogen-bond acceptors (Lipinski definition) is 2. The van der Waals surface area contributed by atoms with Gasteiger partial charge in [-0.25, -0.2) is 0 Å². The molecule has 0 aliphatic carbocycles. The van der Waals surface area contributed by atoms with Crippen LogP contribution in [0.2, 0.25) is 0 Å². The van der Waals surface area contributed by atoms with Gasteiger partial charge < -0.3 is 10.1 Å². The summed E-state index contributed by atoms with van der Waals surface area (Å²) in [4.78, 5) is 0. The van der Waals surface area contributed by atoms with Crippen LogP contribution < -0.4 is 10.1 Å². The van der Waals surface area contributed by atoms with Gasteiger partial charge in [0.15, 0.2) is 0 Å². The van der Waals surface area contributed by atoms with Gasteiger partial charge in [-0.3, -0.25) is 0 Å². The van der Waals surface area contributed by atoms with E-state index in [0.717, 1.165) is 24.3 Å². The van der Waals surface area contributed by atoms with E-state index in [-0.39, 0.29) is 6.04 Å². The highest BCUT2D eigenvalue weighted by atomic mass is 16.5. The maximum atomic E-state index is 5.23. The average Bonchev–Trinajstić information content (AvgIpc) is 2.29. The summed E-state index contributed by atoms with van der Waals surface area (Å²) in [5.41, 5.74) is 2.34. The van der Waals surface area contributed by atoms with Gasteiger partial charge in [0.1, 0.15) is 5.75 Å². The van der Waals surface area contributed by atoms with Crippen molar-refractivity contribution < 1.29 is 4.74 Å². The summed E-state index contributed by atoms with van der Waals surface area (Å²) in [5.74, 6) is 0.891. The van der Waals surface area contributed by atoms with Gasteiger partial charge in [0.05, 0.1) is 13.2 Å². The Kier molecular flexibility index (Phi) is 5.06. The summed E-state index contributed by atoms with van der Waals surface area (Å²) in [6.45, 7) is 9.24. The van der Waals surface area contributed by atoms with Gasteiger partial charge in [0.2, 0.25) is 0 Å². The van der Waals surface area contributed by atoms with Crippen molar-refractivity contribution in [3.05, 3.63) is 42.0 Å². The molecule has 0 radical (unpaired) electrons. The molecule has 0 aromatic heterocycles. The minimum Gasteiger partial charge on any atom is -0.497 e. The number of methoxy groups -OCH3 is 1. The second-order valence-corrected chi connectivity index (χ2v) is 4.01. The third kappa shape index (κ3) is 3.38. The van der Waals surface area contributed by atoms with Gasteiger partial charge in [-0.1, -0.05) is 31.2 Å². The van der Waals surface area contributed by atoms with E-state index in [1.165, 1.54) is 5.56 Å². The first kappa shape index (κ1) is 12.8. The Morgan fingerprint density at radius 3 is 2.81 bits per heavy atom. The molecule has 0 bridgehead atoms. The second kappa shape index (κ2) is 6.33. The van der Waals surface area contributed by atoms with Crippen LogP contribution in [0.3, 0.4) is 0 Å². The van der Waals surface area contributed by atoms with E-state index >= 15 is 0 Å². The van der Waals surface area contributed by atoms with Crippen molar-refractivity contribution in [1.29, 1.82) is 0 Å². The predicted octanol–water partition coefficient (Wildman–Crippen LogP) is 3.31. The van der Waals surface area contributed by atoms with Gasteiger partial charge >= 0.3 is 0 Å². The second-order valence-electron chi connectivity index (χ2n) is 4.01. The Bertz CT molecular complexity index is 346. The molecule has 0 saturated heterocycles. The number of benzene rings is 1. The van der Waals surface area contributed by atoms with Crippen LogP contribution in [0.25, 0.3) is 0 Å². The van der Waals surface area contributed by atoms with Gasteiger partial charge in [0.25, 0.3) is 0 Å². The van der Waals surface area contributed by atoms with Crippen molar-refractivity contribution >= 4 is 0 Å². The average molecular weight is 219 g/mol. The van der Waals surface area contributed by atoms with Crippen LogP contribution >= 0.6 is 0 Å². The molecule has 0 saturated carbocycles. The van der Waals surface area contributed by atoms with Crippen LogP contribution in [-0.4, -0.2) is 13.7 Å². The molecule has 0 aliphatic rings. The van der Waals surface area contributed by atoms with Crippen molar-refractivity contribution in [1.82, 2.24) is 5.32 Å². The fraction of sp³-hybridized carbons (Fsp3) is 0.429. The van der Waals surface area contributed by atoms with E-state index in [4.69, 9.17) is 4.74 Å². The van der Waals surface area contributed by atoms with Gasteiger partial charge in [-0.2, -0.15) is 0 Å². The van der Waals surface area contributed by atoms with E-state index in [1.54, 1.807) is 7.11 Å². The molecule has 1 atom stereocenters. The molecule has 16 heavy (non-hydrogen) atoms. The van der Waals surface area contributed by atoms with Gasteiger partial charge in [-0.05, 0) is 37.6 Å². The largest absolute Gasteiger partial charge is 0.497 e. The molecule has 0 aliphatic heterocycles. The lowest BCUT2D eigenvalue weighted by atomic mass is 10.0. The van der Waals surface area contributed by atoms with Gasteiger partial charge in [0, 0.05) is 0 Å². The summed E-state index contributed by atoms with van der Waals surface area (Å²) >= 11 is 0. The van der Waals surface area contributed by atoms with Crippen molar-refractivity contribution in [3.63, 3.8) is 0 Å². The van der Waals surface area contributed by atoms with Crippen LogP contribution in [0.1, 0.15) is 31.9 Å². The molecule has 0 heterocycles. The van der Waals surface area contributed by atoms with Crippen LogP contribution in [0.4, 0.5) is 0 Å². The molecule has 88 valence electrons. The smallest absolute Gasteiger partial charge is 0.119 e. The molecule has 0 spiro atoms. The van der Waals surface area contributed by atoms with E-state index in [2.05, 4.69) is 31.0 Å². The quantitative estimate of drug-likeness (QED) is 0.741. The Labute approximate surface area is 98.3 Å². The molecule has 1 N–H and O–H groups in total. The zero-order chi connectivity index (χ0) is 12.0. The highest BCUT2D eigenvalue weighted by Gasteiger charge is 2.11. The lowest BCUT2D eigenvalue weighted by Gasteiger charge is -2.19. The summed E-state index contributed by atoms with van der Waals surface area (Å²) in [7, 11) is 1.69. The minimum absolute atomic E-state index is 0.218. The van der Waals surface area contributed by atoms with Crippen molar-refractivity contribution in [2.45, 2.75) is 26.3 Å². The Morgan fingerprint density at radius 1 is 1.50 bits per heavy atom. The zero-order valence-electron chi connectivity index (χ0n) is 10.4. The fourth-order valence-electron chi connectivity index (χ4n) is 1.69. The monoisotopic (exact) mass is 219 g/mol. The molecule has 1 unspecified atom stereocenters. The first-order valence-electron chi connectivity index (χ1n) is 5.71. The predicted molar refractivity (Wildman–Crippen MR) is 68.8 cm³/mol. The molecular formula is C14H21NO. The van der Waals surface area contributed by atoms with Gasteiger partial charge in [-0.15, -0.1) is 0 Å². The first-order chi connectivity index (χ1) is 7.69. The first-order valence-corrected chi connectivity index (χ1v) is 5.71. The molecule has 1 rings (SSSR count). The molecule has 2 heteroatoms. The number of hydrogen-bond donors (Lipinski definition) is 1. The van der Waals surface area contributed by atoms with Crippen LogP contribution in [0, 0.1) is 0 Å². The highest BCUT2D eigenvalue weighted by molar-refractivity contribution is 5.33. The van der Waals surface area contributed by atoms with Crippen molar-refractivity contribution in [3.8, 4) is 5.75 Å². The normalized spacial score (nSPS) is 12.2. The van der Waals surface area contributed by atoms with E-state index in [1.807, 2.05) is 19.1 Å². The topological polar surface area (TPSA) is 21.3 Å². The lowest BCUT2D eigenvalue weighted by molar-refractivity contribution is 0.413. The molecular weight excluding hydrogens is 198 g/mol. The molecule has 1 aromatic rings.